The lowest BCUT2D eigenvalue weighted by Gasteiger charge is -2.29. The number of amides is 3. The quantitative estimate of drug-likeness (QED) is 0.177. The third kappa shape index (κ3) is 10.8. The summed E-state index contributed by atoms with van der Waals surface area (Å²) < 4.78 is 30.8. The fourth-order valence-corrected chi connectivity index (χ4v) is 4.86. The molecule has 264 valence electrons. The predicted octanol–water partition coefficient (Wildman–Crippen LogP) is 9.26. The Morgan fingerprint density at radius 1 is 1.00 bits per heavy atom. The van der Waals surface area contributed by atoms with Gasteiger partial charge in [0.15, 0.2) is 5.82 Å². The van der Waals surface area contributed by atoms with Crippen molar-refractivity contribution in [2.75, 3.05) is 31.3 Å². The van der Waals surface area contributed by atoms with Gasteiger partial charge < -0.3 is 18.8 Å². The molecule has 13 heteroatoms. The van der Waals surface area contributed by atoms with E-state index in [9.17, 15) is 18.8 Å². The number of rotatable bonds is 9. The summed E-state index contributed by atoms with van der Waals surface area (Å²) in [6, 6.07) is 18.9. The summed E-state index contributed by atoms with van der Waals surface area (Å²) in [4.78, 5) is 38.8. The minimum absolute atomic E-state index is 0.0996. The molecule has 4 aromatic rings. The average Bonchev–Trinajstić information content (AvgIpc) is 3.64. The van der Waals surface area contributed by atoms with Crippen molar-refractivity contribution in [2.45, 2.75) is 66.4 Å². The van der Waals surface area contributed by atoms with Crippen LogP contribution in [0, 0.1) is 5.82 Å². The Hall–Kier alpha value is -4.97. The first-order chi connectivity index (χ1) is 23.7. The van der Waals surface area contributed by atoms with Crippen LogP contribution in [-0.2, 0) is 20.7 Å². The first-order valence-electron chi connectivity index (χ1n) is 16.3. The molecule has 0 aliphatic carbocycles. The fraction of sp³-hybridized carbons (Fsp3) is 0.361. The smallest absolute Gasteiger partial charge is 0.412 e. The first-order valence-corrected chi connectivity index (χ1v) is 16.6. The maximum Gasteiger partial charge on any atom is 0.412 e. The number of carbonyl (C=O) groups is 3. The maximum absolute atomic E-state index is 14.9. The van der Waals surface area contributed by atoms with E-state index in [-0.39, 0.29) is 53.3 Å². The van der Waals surface area contributed by atoms with E-state index in [0.29, 0.717) is 11.3 Å². The lowest BCUT2D eigenvalue weighted by molar-refractivity contribution is -0.132. The molecule has 3 aromatic carbocycles. The van der Waals surface area contributed by atoms with Crippen molar-refractivity contribution in [1.29, 1.82) is 0 Å². The van der Waals surface area contributed by atoms with Gasteiger partial charge in [-0.1, -0.05) is 83.5 Å². The zero-order chi connectivity index (χ0) is 36.5. The number of hydrogen-bond donors (Lipinski definition) is 2. The van der Waals surface area contributed by atoms with E-state index in [1.165, 1.54) is 24.1 Å². The van der Waals surface area contributed by atoms with E-state index in [0.717, 1.165) is 5.56 Å². The van der Waals surface area contributed by atoms with Gasteiger partial charge in [-0.3, -0.25) is 15.4 Å². The van der Waals surface area contributed by atoms with Crippen LogP contribution in [0.2, 0.25) is 5.02 Å². The fourth-order valence-electron chi connectivity index (χ4n) is 4.70. The minimum atomic E-state index is -0.947. The van der Waals surface area contributed by atoms with Crippen LogP contribution in [-0.4, -0.2) is 53.9 Å². The Bertz CT molecular complexity index is 1630. The van der Waals surface area contributed by atoms with Gasteiger partial charge in [-0.25, -0.2) is 14.0 Å². The van der Waals surface area contributed by atoms with Crippen molar-refractivity contribution < 1.29 is 32.7 Å². The third-order valence-corrected chi connectivity index (χ3v) is 7.22. The summed E-state index contributed by atoms with van der Waals surface area (Å²) >= 11 is 5.97. The SMILES string of the molecule is CC.CC.CC.COC(=O)Nc1ccc(-c2nnc(C(Cc3ccccc3)C(=O)N(C)CCC3OC(=O)Nc4ccc(Cl)c(F)c43)o2)cc1. The van der Waals surface area contributed by atoms with Crippen molar-refractivity contribution in [1.82, 2.24) is 15.1 Å². The van der Waals surface area contributed by atoms with Crippen LogP contribution in [0.4, 0.5) is 25.4 Å². The normalized spacial score (nSPS) is 13.2. The van der Waals surface area contributed by atoms with Crippen LogP contribution in [0.5, 0.6) is 0 Å². The molecule has 0 fully saturated rings. The molecule has 0 radical (unpaired) electrons. The van der Waals surface area contributed by atoms with Crippen LogP contribution in [0.1, 0.15) is 77.0 Å². The second kappa shape index (κ2) is 20.4. The number of likely N-dealkylation sites (N-methyl/N-ethyl adjacent to an activating group) is 1. The lowest BCUT2D eigenvalue weighted by atomic mass is 9.97. The second-order valence-corrected chi connectivity index (χ2v) is 10.2. The van der Waals surface area contributed by atoms with Crippen LogP contribution < -0.4 is 10.6 Å². The van der Waals surface area contributed by atoms with Crippen molar-refractivity contribution >= 4 is 41.1 Å². The predicted molar refractivity (Wildman–Crippen MR) is 189 cm³/mol. The van der Waals surface area contributed by atoms with E-state index in [1.807, 2.05) is 71.9 Å². The molecule has 1 aliphatic rings. The molecule has 5 rings (SSSR count). The van der Waals surface area contributed by atoms with E-state index < -0.39 is 30.0 Å². The van der Waals surface area contributed by atoms with E-state index in [4.69, 9.17) is 20.8 Å². The van der Waals surface area contributed by atoms with E-state index in [2.05, 4.69) is 25.6 Å². The van der Waals surface area contributed by atoms with Gasteiger partial charge in [0, 0.05) is 31.3 Å². The lowest BCUT2D eigenvalue weighted by Crippen LogP contribution is -2.35. The van der Waals surface area contributed by atoms with Crippen LogP contribution >= 0.6 is 11.6 Å². The molecular formula is C36H45ClFN5O6. The molecule has 1 aromatic heterocycles. The Kier molecular flexibility index (Phi) is 16.7. The number of halogens is 2. The van der Waals surface area contributed by atoms with Crippen LogP contribution in [0.3, 0.4) is 0 Å². The highest BCUT2D eigenvalue weighted by atomic mass is 35.5. The summed E-state index contributed by atoms with van der Waals surface area (Å²) in [5.74, 6) is -1.53. The number of hydrogen-bond acceptors (Lipinski definition) is 8. The van der Waals surface area contributed by atoms with Crippen molar-refractivity contribution in [2.24, 2.45) is 0 Å². The Balaban J connectivity index is 0.00000132. The van der Waals surface area contributed by atoms with Gasteiger partial charge in [0.2, 0.25) is 17.7 Å². The third-order valence-electron chi connectivity index (χ3n) is 6.93. The van der Waals surface area contributed by atoms with Gasteiger partial charge >= 0.3 is 12.2 Å². The van der Waals surface area contributed by atoms with Gasteiger partial charge in [0.05, 0.1) is 23.4 Å². The number of fused-ring (bicyclic) bond motifs is 1. The number of ether oxygens (including phenoxy) is 2. The van der Waals surface area contributed by atoms with Gasteiger partial charge in [-0.05, 0) is 48.4 Å². The molecule has 2 unspecified atom stereocenters. The molecule has 3 amide bonds. The molecule has 49 heavy (non-hydrogen) atoms. The highest BCUT2D eigenvalue weighted by Gasteiger charge is 2.33. The molecule has 0 saturated heterocycles. The topological polar surface area (TPSA) is 136 Å². The summed E-state index contributed by atoms with van der Waals surface area (Å²) in [5, 5.41) is 13.3. The van der Waals surface area contributed by atoms with Crippen molar-refractivity contribution in [3.63, 3.8) is 0 Å². The van der Waals surface area contributed by atoms with Gasteiger partial charge in [-0.2, -0.15) is 0 Å². The molecule has 2 N–H and O–H groups in total. The molecular weight excluding hydrogens is 653 g/mol. The monoisotopic (exact) mass is 697 g/mol. The van der Waals surface area contributed by atoms with E-state index in [1.54, 1.807) is 31.3 Å². The van der Waals surface area contributed by atoms with Gasteiger partial charge in [0.25, 0.3) is 0 Å². The van der Waals surface area contributed by atoms with Crippen LogP contribution in [0.15, 0.2) is 71.1 Å². The zero-order valence-electron chi connectivity index (χ0n) is 29.2. The number of aromatic nitrogens is 2. The molecule has 11 nitrogen and oxygen atoms in total. The number of cyclic esters (lactones) is 1. The van der Waals surface area contributed by atoms with Gasteiger partial charge in [-0.15, -0.1) is 10.2 Å². The molecule has 1 aliphatic heterocycles. The Morgan fingerprint density at radius 3 is 2.29 bits per heavy atom. The number of anilines is 2. The summed E-state index contributed by atoms with van der Waals surface area (Å²) in [6.07, 6.45) is -1.86. The number of benzene rings is 3. The minimum Gasteiger partial charge on any atom is -0.453 e. The number of nitrogens with one attached hydrogen (secondary N) is 2. The summed E-state index contributed by atoms with van der Waals surface area (Å²) in [7, 11) is 2.87. The highest BCUT2D eigenvalue weighted by molar-refractivity contribution is 6.31. The molecule has 2 atom stereocenters. The van der Waals surface area contributed by atoms with Gasteiger partial charge in [0.1, 0.15) is 12.0 Å². The Morgan fingerprint density at radius 2 is 1.65 bits per heavy atom. The number of carbonyl (C=O) groups excluding carboxylic acids is 3. The van der Waals surface area contributed by atoms with E-state index >= 15 is 0 Å². The maximum atomic E-state index is 14.9. The largest absolute Gasteiger partial charge is 0.453 e. The van der Waals surface area contributed by atoms with Crippen molar-refractivity contribution in [3.8, 4) is 11.5 Å². The summed E-state index contributed by atoms with van der Waals surface area (Å²) in [5.41, 5.74) is 2.37. The Labute approximate surface area is 292 Å². The highest BCUT2D eigenvalue weighted by Crippen LogP contribution is 2.38. The first kappa shape index (κ1) is 40.2. The second-order valence-electron chi connectivity index (χ2n) is 9.77. The average molecular weight is 698 g/mol. The molecule has 0 saturated carbocycles. The standard InChI is InChI=1S/C30H27ClFN5O6.3C2H6/c1-37(15-14-23-24-22(34-30(40)42-23)13-12-21(31)25(24)32)28(38)20(16-17-6-4-3-5-7-17)27-36-35-26(43-27)18-8-10-19(11-9-18)33-29(39)41-2;3*1-2/h3-13,20,23H,14-16H2,1-2H3,(H,33,39)(H,34,40);3*1-2H3. The number of nitrogens with zero attached hydrogens (tertiary/aromatic N) is 3. The molecule has 0 bridgehead atoms. The van der Waals surface area contributed by atoms with Crippen molar-refractivity contribution in [3.05, 3.63) is 94.6 Å². The molecule has 0 spiro atoms. The zero-order valence-corrected chi connectivity index (χ0v) is 29.9. The number of methoxy groups -OCH3 is 1. The molecule has 2 heterocycles. The summed E-state index contributed by atoms with van der Waals surface area (Å²) in [6.45, 7) is 12.1. The van der Waals surface area contributed by atoms with Crippen LogP contribution in [0.25, 0.3) is 11.5 Å².